The van der Waals surface area contributed by atoms with Crippen LogP contribution in [0.15, 0.2) is 12.1 Å². The Balaban J connectivity index is 3.25. The van der Waals surface area contributed by atoms with E-state index in [0.29, 0.717) is 12.9 Å². The molecular weight excluding hydrogens is 195 g/mol. The van der Waals surface area contributed by atoms with Gasteiger partial charge in [-0.15, -0.1) is 0 Å². The van der Waals surface area contributed by atoms with Crippen LogP contribution in [0.2, 0.25) is 5.02 Å². The molecule has 0 bridgehead atoms. The van der Waals surface area contributed by atoms with Crippen molar-refractivity contribution in [2.45, 2.75) is 6.92 Å². The van der Waals surface area contributed by atoms with Crippen LogP contribution < -0.4 is 4.74 Å². The van der Waals surface area contributed by atoms with E-state index < -0.39 is 5.82 Å². The van der Waals surface area contributed by atoms with Crippen LogP contribution in [0.1, 0.15) is 17.3 Å². The molecule has 0 atom stereocenters. The molecule has 0 saturated heterocycles. The van der Waals surface area contributed by atoms with Crippen molar-refractivity contribution >= 4 is 17.9 Å². The molecule has 0 aliphatic heterocycles. The van der Waals surface area contributed by atoms with Gasteiger partial charge < -0.3 is 4.74 Å². The van der Waals surface area contributed by atoms with E-state index in [4.69, 9.17) is 16.3 Å². The van der Waals surface area contributed by atoms with Crippen molar-refractivity contribution in [3.8, 4) is 5.75 Å². The second-order valence-corrected chi connectivity index (χ2v) is 2.73. The fraction of sp³-hybridized carbons (Fsp3) is 0.222. The molecule has 0 spiro atoms. The van der Waals surface area contributed by atoms with Gasteiger partial charge in [-0.05, 0) is 19.1 Å². The second-order valence-electron chi connectivity index (χ2n) is 2.32. The predicted molar refractivity (Wildman–Crippen MR) is 48.0 cm³/mol. The number of benzene rings is 1. The molecule has 0 aromatic heterocycles. The molecular formula is C9H8ClFO2. The van der Waals surface area contributed by atoms with Crippen LogP contribution >= 0.6 is 11.6 Å². The highest BCUT2D eigenvalue weighted by Crippen LogP contribution is 2.29. The molecule has 0 N–H and O–H groups in total. The quantitative estimate of drug-likeness (QED) is 0.705. The van der Waals surface area contributed by atoms with Crippen molar-refractivity contribution in [2.24, 2.45) is 0 Å². The van der Waals surface area contributed by atoms with Crippen LogP contribution in [-0.4, -0.2) is 12.9 Å². The Morgan fingerprint density at radius 1 is 1.62 bits per heavy atom. The lowest BCUT2D eigenvalue weighted by Gasteiger charge is -2.08. The lowest BCUT2D eigenvalue weighted by Crippen LogP contribution is -1.99. The summed E-state index contributed by atoms with van der Waals surface area (Å²) in [6.45, 7) is 2.07. The topological polar surface area (TPSA) is 26.3 Å². The maximum atomic E-state index is 13.0. The zero-order valence-corrected chi connectivity index (χ0v) is 7.77. The van der Waals surface area contributed by atoms with Crippen LogP contribution in [0.5, 0.6) is 5.75 Å². The molecule has 13 heavy (non-hydrogen) atoms. The number of hydrogen-bond acceptors (Lipinski definition) is 2. The third-order valence-electron chi connectivity index (χ3n) is 1.50. The van der Waals surface area contributed by atoms with Gasteiger partial charge in [-0.1, -0.05) is 11.6 Å². The second kappa shape index (κ2) is 4.23. The van der Waals surface area contributed by atoms with E-state index >= 15 is 0 Å². The smallest absolute Gasteiger partial charge is 0.156 e. The molecule has 70 valence electrons. The van der Waals surface area contributed by atoms with Crippen LogP contribution in [-0.2, 0) is 0 Å². The first-order valence-corrected chi connectivity index (χ1v) is 4.14. The molecule has 0 saturated carbocycles. The Morgan fingerprint density at radius 3 is 2.85 bits per heavy atom. The largest absolute Gasteiger partial charge is 0.491 e. The van der Waals surface area contributed by atoms with Crippen molar-refractivity contribution < 1.29 is 13.9 Å². The lowest BCUT2D eigenvalue weighted by molar-refractivity contribution is 0.111. The first kappa shape index (κ1) is 9.99. The lowest BCUT2D eigenvalue weighted by atomic mass is 10.2. The van der Waals surface area contributed by atoms with Crippen LogP contribution in [0.25, 0.3) is 0 Å². The number of aldehydes is 1. The van der Waals surface area contributed by atoms with Gasteiger partial charge in [0, 0.05) is 0 Å². The minimum absolute atomic E-state index is 0.110. The molecule has 0 heterocycles. The number of ether oxygens (including phenoxy) is 1. The monoisotopic (exact) mass is 202 g/mol. The summed E-state index contributed by atoms with van der Waals surface area (Å²) in [6.07, 6.45) is 0.395. The summed E-state index contributed by atoms with van der Waals surface area (Å²) < 4.78 is 18.0. The summed E-state index contributed by atoms with van der Waals surface area (Å²) in [5.74, 6) is -0.512. The average Bonchev–Trinajstić information content (AvgIpc) is 2.12. The normalized spacial score (nSPS) is 9.77. The van der Waals surface area contributed by atoms with Gasteiger partial charge in [0.05, 0.1) is 17.2 Å². The number of hydrogen-bond donors (Lipinski definition) is 0. The van der Waals surface area contributed by atoms with Crippen molar-refractivity contribution in [2.75, 3.05) is 6.61 Å². The van der Waals surface area contributed by atoms with Crippen LogP contribution in [0.4, 0.5) is 4.39 Å². The Kier molecular flexibility index (Phi) is 3.25. The first-order valence-electron chi connectivity index (χ1n) is 3.76. The van der Waals surface area contributed by atoms with Gasteiger partial charge in [-0.25, -0.2) is 4.39 Å². The number of carbonyl (C=O) groups excluding carboxylic acids is 1. The fourth-order valence-electron chi connectivity index (χ4n) is 0.950. The minimum Gasteiger partial charge on any atom is -0.491 e. The Labute approximate surface area is 80.3 Å². The molecule has 4 heteroatoms. The molecule has 0 aliphatic carbocycles. The molecule has 1 rings (SSSR count). The molecule has 1 aromatic rings. The summed E-state index contributed by atoms with van der Waals surface area (Å²) in [5, 5.41) is 0.241. The summed E-state index contributed by atoms with van der Waals surface area (Å²) in [6, 6.07) is 2.49. The number of carbonyl (C=O) groups is 1. The highest BCUT2D eigenvalue weighted by Gasteiger charge is 2.12. The Morgan fingerprint density at radius 2 is 2.31 bits per heavy atom. The van der Waals surface area contributed by atoms with Gasteiger partial charge in [0.1, 0.15) is 5.82 Å². The van der Waals surface area contributed by atoms with Crippen LogP contribution in [0.3, 0.4) is 0 Å². The van der Waals surface area contributed by atoms with E-state index in [1.165, 1.54) is 6.07 Å². The van der Waals surface area contributed by atoms with Gasteiger partial charge >= 0.3 is 0 Å². The standard InChI is InChI=1S/C9H8ClFO2/c1-2-13-9-6(5-12)8(11)4-3-7(9)10/h3-5H,2H2,1H3. The zero-order valence-electron chi connectivity index (χ0n) is 7.01. The molecule has 0 fully saturated rings. The van der Waals surface area contributed by atoms with E-state index in [1.54, 1.807) is 6.92 Å². The molecule has 1 aromatic carbocycles. The number of rotatable bonds is 3. The minimum atomic E-state index is -0.622. The van der Waals surface area contributed by atoms with E-state index in [2.05, 4.69) is 0 Å². The molecule has 0 amide bonds. The maximum absolute atomic E-state index is 13.0. The van der Waals surface area contributed by atoms with E-state index in [1.807, 2.05) is 0 Å². The predicted octanol–water partition coefficient (Wildman–Crippen LogP) is 2.69. The Bertz CT molecular complexity index is 326. The van der Waals surface area contributed by atoms with Crippen molar-refractivity contribution in [3.63, 3.8) is 0 Å². The average molecular weight is 203 g/mol. The maximum Gasteiger partial charge on any atom is 0.156 e. The molecule has 2 nitrogen and oxygen atoms in total. The summed E-state index contributed by atoms with van der Waals surface area (Å²) in [5.41, 5.74) is -0.130. The van der Waals surface area contributed by atoms with Crippen molar-refractivity contribution in [3.05, 3.63) is 28.5 Å². The van der Waals surface area contributed by atoms with Gasteiger partial charge in [0.15, 0.2) is 12.0 Å². The van der Waals surface area contributed by atoms with E-state index in [-0.39, 0.29) is 16.3 Å². The summed E-state index contributed by atoms with van der Waals surface area (Å²) in [4.78, 5) is 10.5. The van der Waals surface area contributed by atoms with E-state index in [9.17, 15) is 9.18 Å². The first-order chi connectivity index (χ1) is 6.20. The van der Waals surface area contributed by atoms with Gasteiger partial charge in [0.2, 0.25) is 0 Å². The number of halogens is 2. The van der Waals surface area contributed by atoms with Crippen molar-refractivity contribution in [1.82, 2.24) is 0 Å². The SMILES string of the molecule is CCOc1c(Cl)ccc(F)c1C=O. The van der Waals surface area contributed by atoms with Crippen LogP contribution in [0, 0.1) is 5.82 Å². The summed E-state index contributed by atoms with van der Waals surface area (Å²) >= 11 is 5.71. The summed E-state index contributed by atoms with van der Waals surface area (Å²) in [7, 11) is 0. The van der Waals surface area contributed by atoms with Crippen molar-refractivity contribution in [1.29, 1.82) is 0 Å². The van der Waals surface area contributed by atoms with Gasteiger partial charge in [-0.2, -0.15) is 0 Å². The highest BCUT2D eigenvalue weighted by molar-refractivity contribution is 6.32. The zero-order chi connectivity index (χ0) is 9.84. The molecule has 0 aliphatic rings. The highest BCUT2D eigenvalue weighted by atomic mass is 35.5. The molecule has 0 radical (unpaired) electrons. The van der Waals surface area contributed by atoms with Gasteiger partial charge in [-0.3, -0.25) is 4.79 Å². The van der Waals surface area contributed by atoms with E-state index in [0.717, 1.165) is 6.07 Å². The fourth-order valence-corrected chi connectivity index (χ4v) is 1.17. The van der Waals surface area contributed by atoms with Gasteiger partial charge in [0.25, 0.3) is 0 Å². The molecule has 0 unspecified atom stereocenters. The third kappa shape index (κ3) is 1.98. The Hall–Kier alpha value is -1.09. The third-order valence-corrected chi connectivity index (χ3v) is 1.80.